The second-order valence-electron chi connectivity index (χ2n) is 3.83. The number of nitriles is 2. The molecule has 0 unspecified atom stereocenters. The van der Waals surface area contributed by atoms with Gasteiger partial charge in [-0.3, -0.25) is 0 Å². The fraction of sp³-hybridized carbons (Fsp3) is 0.333. The summed E-state index contributed by atoms with van der Waals surface area (Å²) in [6.07, 6.45) is 2.81. The van der Waals surface area contributed by atoms with E-state index in [1.165, 1.54) is 0 Å². The first-order valence-electron chi connectivity index (χ1n) is 4.98. The minimum absolute atomic E-state index is 0.438. The fourth-order valence-corrected chi connectivity index (χ4v) is 1.74. The molecule has 3 heteroatoms. The first-order valence-corrected chi connectivity index (χ1v) is 4.98. The molecule has 2 rings (SSSR count). The van der Waals surface area contributed by atoms with Crippen LogP contribution in [0.5, 0.6) is 0 Å². The van der Waals surface area contributed by atoms with Crippen molar-refractivity contribution in [1.29, 1.82) is 10.5 Å². The number of anilines is 1. The van der Waals surface area contributed by atoms with Gasteiger partial charge in [0, 0.05) is 0 Å². The molecular formula is C12H11N3. The number of para-hydroxylation sites is 1. The first-order chi connectivity index (χ1) is 7.29. The van der Waals surface area contributed by atoms with E-state index in [4.69, 9.17) is 10.5 Å². The second-order valence-corrected chi connectivity index (χ2v) is 3.83. The maximum absolute atomic E-state index is 9.07. The molecule has 15 heavy (non-hydrogen) atoms. The van der Waals surface area contributed by atoms with Crippen LogP contribution >= 0.6 is 0 Å². The molecule has 3 nitrogen and oxygen atoms in total. The summed E-state index contributed by atoms with van der Waals surface area (Å²) in [7, 11) is 0. The third kappa shape index (κ3) is 1.65. The molecule has 0 saturated heterocycles. The van der Waals surface area contributed by atoms with E-state index < -0.39 is 5.54 Å². The van der Waals surface area contributed by atoms with Crippen LogP contribution in [0, 0.1) is 22.7 Å². The summed E-state index contributed by atoms with van der Waals surface area (Å²) >= 11 is 0. The van der Waals surface area contributed by atoms with Crippen LogP contribution in [-0.2, 0) is 0 Å². The molecule has 0 spiro atoms. The van der Waals surface area contributed by atoms with E-state index in [1.54, 1.807) is 6.07 Å². The van der Waals surface area contributed by atoms with Crippen molar-refractivity contribution in [2.75, 3.05) is 5.32 Å². The van der Waals surface area contributed by atoms with Gasteiger partial charge < -0.3 is 5.32 Å². The molecule has 0 aliphatic heterocycles. The van der Waals surface area contributed by atoms with E-state index in [9.17, 15) is 0 Å². The Kier molecular flexibility index (Phi) is 2.31. The van der Waals surface area contributed by atoms with Crippen LogP contribution in [0.15, 0.2) is 24.3 Å². The molecule has 0 radical (unpaired) electrons. The SMILES string of the molecule is N#Cc1ccccc1NC1(C#N)CCC1. The second kappa shape index (κ2) is 3.63. The Morgan fingerprint density at radius 1 is 1.20 bits per heavy atom. The largest absolute Gasteiger partial charge is 0.366 e. The Hall–Kier alpha value is -2.00. The zero-order valence-electron chi connectivity index (χ0n) is 8.33. The Bertz CT molecular complexity index is 447. The number of rotatable bonds is 2. The van der Waals surface area contributed by atoms with Crippen LogP contribution in [0.25, 0.3) is 0 Å². The molecule has 1 aromatic rings. The zero-order chi connectivity index (χ0) is 10.7. The lowest BCUT2D eigenvalue weighted by atomic mass is 9.78. The predicted octanol–water partition coefficient (Wildman–Crippen LogP) is 2.42. The van der Waals surface area contributed by atoms with E-state index in [0.29, 0.717) is 5.56 Å². The average molecular weight is 197 g/mol. The van der Waals surface area contributed by atoms with E-state index in [0.717, 1.165) is 24.9 Å². The van der Waals surface area contributed by atoms with Gasteiger partial charge in [0.25, 0.3) is 0 Å². The van der Waals surface area contributed by atoms with Crippen LogP contribution in [0.4, 0.5) is 5.69 Å². The van der Waals surface area contributed by atoms with Crippen molar-refractivity contribution in [2.24, 2.45) is 0 Å². The van der Waals surface area contributed by atoms with Gasteiger partial charge in [-0.2, -0.15) is 10.5 Å². The highest BCUT2D eigenvalue weighted by atomic mass is 15.0. The summed E-state index contributed by atoms with van der Waals surface area (Å²) in [6, 6.07) is 11.7. The summed E-state index contributed by atoms with van der Waals surface area (Å²) in [5.74, 6) is 0. The highest BCUT2D eigenvalue weighted by molar-refractivity contribution is 5.59. The molecule has 74 valence electrons. The van der Waals surface area contributed by atoms with Crippen molar-refractivity contribution >= 4 is 5.69 Å². The van der Waals surface area contributed by atoms with Gasteiger partial charge in [-0.25, -0.2) is 0 Å². The molecule has 1 N–H and O–H groups in total. The topological polar surface area (TPSA) is 59.6 Å². The average Bonchev–Trinajstić information content (AvgIpc) is 2.24. The summed E-state index contributed by atoms with van der Waals surface area (Å²) in [4.78, 5) is 0. The molecule has 1 fully saturated rings. The highest BCUT2D eigenvalue weighted by Gasteiger charge is 2.37. The van der Waals surface area contributed by atoms with Gasteiger partial charge in [0.05, 0.1) is 17.3 Å². The van der Waals surface area contributed by atoms with Gasteiger partial charge in [-0.15, -0.1) is 0 Å². The molecule has 0 bridgehead atoms. The summed E-state index contributed by atoms with van der Waals surface area (Å²) in [6.45, 7) is 0. The minimum atomic E-state index is -0.438. The smallest absolute Gasteiger partial charge is 0.125 e. The third-order valence-electron chi connectivity index (χ3n) is 2.84. The maximum atomic E-state index is 9.07. The molecule has 0 aromatic heterocycles. The molecular weight excluding hydrogens is 186 g/mol. The number of nitrogens with one attached hydrogen (secondary N) is 1. The van der Waals surface area contributed by atoms with Crippen molar-refractivity contribution in [3.05, 3.63) is 29.8 Å². The molecule has 1 aliphatic rings. The maximum Gasteiger partial charge on any atom is 0.125 e. The number of hydrogen-bond acceptors (Lipinski definition) is 3. The summed E-state index contributed by atoms with van der Waals surface area (Å²) < 4.78 is 0. The zero-order valence-corrected chi connectivity index (χ0v) is 8.33. The van der Waals surface area contributed by atoms with Crippen LogP contribution in [0.1, 0.15) is 24.8 Å². The Morgan fingerprint density at radius 2 is 1.93 bits per heavy atom. The Morgan fingerprint density at radius 3 is 2.47 bits per heavy atom. The summed E-state index contributed by atoms with van der Waals surface area (Å²) in [5, 5.41) is 21.1. The standard InChI is InChI=1S/C12H11N3/c13-8-10-4-1-2-5-11(10)15-12(9-14)6-3-7-12/h1-2,4-5,15H,3,6-7H2. The molecule has 0 amide bonds. The lowest BCUT2D eigenvalue weighted by molar-refractivity contribution is 0.356. The lowest BCUT2D eigenvalue weighted by Gasteiger charge is -2.37. The van der Waals surface area contributed by atoms with E-state index in [2.05, 4.69) is 17.5 Å². The molecule has 1 aromatic carbocycles. The molecule has 1 aliphatic carbocycles. The minimum Gasteiger partial charge on any atom is -0.366 e. The normalized spacial score (nSPS) is 16.9. The molecule has 0 heterocycles. The van der Waals surface area contributed by atoms with Gasteiger partial charge in [0.1, 0.15) is 11.6 Å². The van der Waals surface area contributed by atoms with Crippen LogP contribution in [-0.4, -0.2) is 5.54 Å². The van der Waals surface area contributed by atoms with Crippen molar-refractivity contribution in [3.8, 4) is 12.1 Å². The third-order valence-corrected chi connectivity index (χ3v) is 2.84. The van der Waals surface area contributed by atoms with Gasteiger partial charge in [-0.1, -0.05) is 12.1 Å². The van der Waals surface area contributed by atoms with Gasteiger partial charge in [-0.05, 0) is 31.4 Å². The van der Waals surface area contributed by atoms with Crippen LogP contribution in [0.3, 0.4) is 0 Å². The highest BCUT2D eigenvalue weighted by Crippen LogP contribution is 2.35. The monoisotopic (exact) mass is 197 g/mol. The fourth-order valence-electron chi connectivity index (χ4n) is 1.74. The van der Waals surface area contributed by atoms with E-state index in [-0.39, 0.29) is 0 Å². The van der Waals surface area contributed by atoms with Gasteiger partial charge >= 0.3 is 0 Å². The van der Waals surface area contributed by atoms with Crippen molar-refractivity contribution in [1.82, 2.24) is 0 Å². The van der Waals surface area contributed by atoms with Gasteiger partial charge in [0.15, 0.2) is 0 Å². The quantitative estimate of drug-likeness (QED) is 0.792. The predicted molar refractivity (Wildman–Crippen MR) is 57.0 cm³/mol. The Balaban J connectivity index is 2.25. The Labute approximate surface area is 89.0 Å². The number of nitrogens with zero attached hydrogens (tertiary/aromatic N) is 2. The van der Waals surface area contributed by atoms with Crippen molar-refractivity contribution in [3.63, 3.8) is 0 Å². The molecule has 0 atom stereocenters. The van der Waals surface area contributed by atoms with E-state index >= 15 is 0 Å². The van der Waals surface area contributed by atoms with Crippen molar-refractivity contribution < 1.29 is 0 Å². The van der Waals surface area contributed by atoms with Crippen LogP contribution < -0.4 is 5.32 Å². The van der Waals surface area contributed by atoms with Crippen molar-refractivity contribution in [2.45, 2.75) is 24.8 Å². The molecule has 1 saturated carbocycles. The van der Waals surface area contributed by atoms with E-state index in [1.807, 2.05) is 18.2 Å². The summed E-state index contributed by atoms with van der Waals surface area (Å²) in [5.41, 5.74) is 0.924. The van der Waals surface area contributed by atoms with Gasteiger partial charge in [0.2, 0.25) is 0 Å². The first kappa shape index (κ1) is 9.55. The number of hydrogen-bond donors (Lipinski definition) is 1. The number of benzene rings is 1. The van der Waals surface area contributed by atoms with Crippen LogP contribution in [0.2, 0.25) is 0 Å². The lowest BCUT2D eigenvalue weighted by Crippen LogP contribution is -2.43.